The fraction of sp³-hybridized carbons (Fsp3) is 0.429. The lowest BCUT2D eigenvalue weighted by Crippen LogP contribution is -1.93. The molecule has 0 spiro atoms. The summed E-state index contributed by atoms with van der Waals surface area (Å²) in [6.45, 7) is 3.92. The van der Waals surface area contributed by atoms with Gasteiger partial charge >= 0.3 is 0 Å². The van der Waals surface area contributed by atoms with Gasteiger partial charge in [0, 0.05) is 12.5 Å². The number of hydrogen-bond acceptors (Lipinski definition) is 2. The highest BCUT2D eigenvalue weighted by Crippen LogP contribution is 2.18. The maximum Gasteiger partial charge on any atom is 0.0682 e. The van der Waals surface area contributed by atoms with Gasteiger partial charge in [-0.15, -0.1) is 0 Å². The largest absolute Gasteiger partial charge is 0.392 e. The molecular formula is C14H18O2. The van der Waals surface area contributed by atoms with Crippen molar-refractivity contribution in [3.8, 4) is 0 Å². The Hall–Kier alpha value is -1.12. The molecule has 0 radical (unpaired) electrons. The van der Waals surface area contributed by atoms with Crippen LogP contribution in [0.15, 0.2) is 24.3 Å². The van der Waals surface area contributed by atoms with Gasteiger partial charge in [-0.25, -0.2) is 0 Å². The van der Waals surface area contributed by atoms with E-state index in [-0.39, 0.29) is 6.61 Å². The van der Waals surface area contributed by atoms with Gasteiger partial charge in [-0.2, -0.15) is 0 Å². The first-order valence-electron chi connectivity index (χ1n) is 5.76. The van der Waals surface area contributed by atoms with E-state index in [0.29, 0.717) is 5.92 Å². The Labute approximate surface area is 96.6 Å². The van der Waals surface area contributed by atoms with Gasteiger partial charge in [0.25, 0.3) is 0 Å². The summed E-state index contributed by atoms with van der Waals surface area (Å²) < 4.78 is 5.33. The quantitative estimate of drug-likeness (QED) is 0.844. The first kappa shape index (κ1) is 11.4. The van der Waals surface area contributed by atoms with Crippen molar-refractivity contribution in [1.29, 1.82) is 0 Å². The molecule has 0 aromatic heterocycles. The highest BCUT2D eigenvalue weighted by Gasteiger charge is 2.11. The zero-order chi connectivity index (χ0) is 11.4. The SMILES string of the molecule is Cc1ccc(CO)cc1/C=C/C1CCOC1. The standard InChI is InChI=1S/C14H18O2/c1-11-2-3-13(9-15)8-14(11)5-4-12-6-7-16-10-12/h2-5,8,12,15H,6-7,9-10H2,1H3/b5-4+. The molecule has 1 aliphatic heterocycles. The maximum absolute atomic E-state index is 9.09. The lowest BCUT2D eigenvalue weighted by molar-refractivity contribution is 0.191. The van der Waals surface area contributed by atoms with Gasteiger partial charge in [0.05, 0.1) is 13.2 Å². The van der Waals surface area contributed by atoms with E-state index in [1.165, 1.54) is 11.1 Å². The molecule has 2 nitrogen and oxygen atoms in total. The van der Waals surface area contributed by atoms with Crippen LogP contribution >= 0.6 is 0 Å². The van der Waals surface area contributed by atoms with E-state index in [0.717, 1.165) is 25.2 Å². The smallest absolute Gasteiger partial charge is 0.0682 e. The van der Waals surface area contributed by atoms with Crippen LogP contribution in [0.25, 0.3) is 6.08 Å². The average molecular weight is 218 g/mol. The highest BCUT2D eigenvalue weighted by molar-refractivity contribution is 5.55. The Morgan fingerprint density at radius 2 is 2.38 bits per heavy atom. The molecule has 1 aromatic carbocycles. The molecular weight excluding hydrogens is 200 g/mol. The first-order chi connectivity index (χ1) is 7.79. The van der Waals surface area contributed by atoms with Crippen LogP contribution in [0.5, 0.6) is 0 Å². The molecule has 1 N–H and O–H groups in total. The summed E-state index contributed by atoms with van der Waals surface area (Å²) in [6.07, 6.45) is 5.49. The third-order valence-corrected chi connectivity index (χ3v) is 3.04. The average Bonchev–Trinajstić information content (AvgIpc) is 2.81. The summed E-state index contributed by atoms with van der Waals surface area (Å²) in [6, 6.07) is 6.06. The maximum atomic E-state index is 9.09. The second-order valence-electron chi connectivity index (χ2n) is 4.33. The summed E-state index contributed by atoms with van der Waals surface area (Å²) in [5.74, 6) is 0.553. The summed E-state index contributed by atoms with van der Waals surface area (Å²) in [4.78, 5) is 0. The lowest BCUT2D eigenvalue weighted by atomic mass is 10.0. The van der Waals surface area contributed by atoms with E-state index in [1.807, 2.05) is 12.1 Å². The van der Waals surface area contributed by atoms with Crippen molar-refractivity contribution in [2.45, 2.75) is 20.0 Å². The Morgan fingerprint density at radius 3 is 3.06 bits per heavy atom. The molecule has 1 aliphatic rings. The molecule has 0 amide bonds. The molecule has 0 saturated carbocycles. The number of rotatable bonds is 3. The number of benzene rings is 1. The van der Waals surface area contributed by atoms with E-state index in [2.05, 4.69) is 25.1 Å². The predicted molar refractivity (Wildman–Crippen MR) is 65.1 cm³/mol. The Balaban J connectivity index is 2.12. The van der Waals surface area contributed by atoms with Gasteiger partial charge in [0.1, 0.15) is 0 Å². The fourth-order valence-corrected chi connectivity index (χ4v) is 1.91. The van der Waals surface area contributed by atoms with Crippen molar-refractivity contribution < 1.29 is 9.84 Å². The molecule has 1 heterocycles. The van der Waals surface area contributed by atoms with Crippen molar-refractivity contribution in [2.75, 3.05) is 13.2 Å². The Kier molecular flexibility index (Phi) is 3.75. The molecule has 2 heteroatoms. The monoisotopic (exact) mass is 218 g/mol. The minimum absolute atomic E-state index is 0.105. The third kappa shape index (κ3) is 2.71. The molecule has 1 unspecified atom stereocenters. The second kappa shape index (κ2) is 5.28. The summed E-state index contributed by atoms with van der Waals surface area (Å²) in [7, 11) is 0. The van der Waals surface area contributed by atoms with Crippen LogP contribution in [-0.2, 0) is 11.3 Å². The molecule has 0 bridgehead atoms. The van der Waals surface area contributed by atoms with Crippen LogP contribution < -0.4 is 0 Å². The summed E-state index contributed by atoms with van der Waals surface area (Å²) >= 11 is 0. The minimum atomic E-state index is 0.105. The topological polar surface area (TPSA) is 29.5 Å². The van der Waals surface area contributed by atoms with Gasteiger partial charge in [-0.05, 0) is 36.1 Å². The Morgan fingerprint density at radius 1 is 1.50 bits per heavy atom. The van der Waals surface area contributed by atoms with E-state index >= 15 is 0 Å². The number of aliphatic hydroxyl groups excluding tert-OH is 1. The summed E-state index contributed by atoms with van der Waals surface area (Å²) in [5.41, 5.74) is 3.40. The zero-order valence-electron chi connectivity index (χ0n) is 9.65. The van der Waals surface area contributed by atoms with E-state index in [1.54, 1.807) is 0 Å². The number of hydrogen-bond donors (Lipinski definition) is 1. The molecule has 0 aliphatic carbocycles. The van der Waals surface area contributed by atoms with Gasteiger partial charge in [-0.3, -0.25) is 0 Å². The fourth-order valence-electron chi connectivity index (χ4n) is 1.91. The van der Waals surface area contributed by atoms with Crippen LogP contribution in [0.4, 0.5) is 0 Å². The normalized spacial score (nSPS) is 20.8. The van der Waals surface area contributed by atoms with Crippen LogP contribution in [-0.4, -0.2) is 18.3 Å². The van der Waals surface area contributed by atoms with Crippen molar-refractivity contribution in [2.24, 2.45) is 5.92 Å². The third-order valence-electron chi connectivity index (χ3n) is 3.04. The number of ether oxygens (including phenoxy) is 1. The van der Waals surface area contributed by atoms with E-state index in [4.69, 9.17) is 9.84 Å². The number of aliphatic hydroxyl groups is 1. The van der Waals surface area contributed by atoms with Gasteiger partial charge in [0.15, 0.2) is 0 Å². The van der Waals surface area contributed by atoms with E-state index < -0.39 is 0 Å². The first-order valence-corrected chi connectivity index (χ1v) is 5.76. The van der Waals surface area contributed by atoms with Crippen molar-refractivity contribution in [3.05, 3.63) is 41.0 Å². The van der Waals surface area contributed by atoms with Crippen molar-refractivity contribution in [1.82, 2.24) is 0 Å². The van der Waals surface area contributed by atoms with Gasteiger partial charge in [0.2, 0.25) is 0 Å². The van der Waals surface area contributed by atoms with E-state index in [9.17, 15) is 0 Å². The van der Waals surface area contributed by atoms with Crippen LogP contribution in [0.3, 0.4) is 0 Å². The lowest BCUT2D eigenvalue weighted by Gasteiger charge is -2.04. The molecule has 1 fully saturated rings. The summed E-state index contributed by atoms with van der Waals surface area (Å²) in [5, 5.41) is 9.09. The zero-order valence-corrected chi connectivity index (χ0v) is 9.65. The van der Waals surface area contributed by atoms with Crippen molar-refractivity contribution >= 4 is 6.08 Å². The molecule has 1 aromatic rings. The number of aryl methyl sites for hydroxylation is 1. The predicted octanol–water partition coefficient (Wildman–Crippen LogP) is 2.54. The molecule has 2 rings (SSSR count). The van der Waals surface area contributed by atoms with Crippen LogP contribution in [0, 0.1) is 12.8 Å². The highest BCUT2D eigenvalue weighted by atomic mass is 16.5. The molecule has 1 saturated heterocycles. The molecule has 1 atom stereocenters. The second-order valence-corrected chi connectivity index (χ2v) is 4.33. The van der Waals surface area contributed by atoms with Crippen LogP contribution in [0.1, 0.15) is 23.1 Å². The Bertz CT molecular complexity index is 376. The molecule has 86 valence electrons. The van der Waals surface area contributed by atoms with Gasteiger partial charge in [-0.1, -0.05) is 24.3 Å². The van der Waals surface area contributed by atoms with Crippen LogP contribution in [0.2, 0.25) is 0 Å². The van der Waals surface area contributed by atoms with Gasteiger partial charge < -0.3 is 9.84 Å². The molecule has 16 heavy (non-hydrogen) atoms. The van der Waals surface area contributed by atoms with Crippen molar-refractivity contribution in [3.63, 3.8) is 0 Å². The minimum Gasteiger partial charge on any atom is -0.392 e.